The second-order valence-corrected chi connectivity index (χ2v) is 7.59. The zero-order chi connectivity index (χ0) is 20.1. The van der Waals surface area contributed by atoms with Gasteiger partial charge in [0.2, 0.25) is 5.28 Å². The molecule has 2 heterocycles. The number of aromatic nitrogens is 2. The maximum Gasteiger partial charge on any atom is 0.223 e. The lowest BCUT2D eigenvalue weighted by atomic mass is 10.00. The number of nitrogens with zero attached hydrogens (tertiary/aromatic N) is 2. The molecule has 6 aromatic rings. The molecular weight excluding hydrogens is 392 g/mol. The molecule has 6 rings (SSSR count). The molecule has 0 aliphatic heterocycles. The van der Waals surface area contributed by atoms with Crippen LogP contribution in [0.25, 0.3) is 55.2 Å². The van der Waals surface area contributed by atoms with Crippen molar-refractivity contribution in [3.05, 3.63) is 96.3 Å². The number of hydrogen-bond donors (Lipinski definition) is 0. The monoisotopic (exact) mass is 406 g/mol. The lowest BCUT2D eigenvalue weighted by Gasteiger charge is -2.09. The van der Waals surface area contributed by atoms with Gasteiger partial charge < -0.3 is 4.42 Å². The molecule has 0 spiro atoms. The van der Waals surface area contributed by atoms with E-state index in [-0.39, 0.29) is 5.28 Å². The van der Waals surface area contributed by atoms with Crippen molar-refractivity contribution in [2.24, 2.45) is 0 Å². The quantitative estimate of drug-likeness (QED) is 0.279. The highest BCUT2D eigenvalue weighted by Crippen LogP contribution is 2.35. The predicted octanol–water partition coefficient (Wildman–Crippen LogP) is 7.52. The Morgan fingerprint density at radius 3 is 2.23 bits per heavy atom. The summed E-state index contributed by atoms with van der Waals surface area (Å²) in [5, 5.41) is 3.38. The second kappa shape index (κ2) is 6.68. The van der Waals surface area contributed by atoms with E-state index in [1.807, 2.05) is 48.5 Å². The van der Waals surface area contributed by atoms with Crippen LogP contribution in [-0.2, 0) is 0 Å². The molecule has 30 heavy (non-hydrogen) atoms. The van der Waals surface area contributed by atoms with Gasteiger partial charge in [0.25, 0.3) is 0 Å². The molecule has 0 saturated heterocycles. The van der Waals surface area contributed by atoms with Crippen molar-refractivity contribution in [2.45, 2.75) is 0 Å². The number of hydrogen-bond acceptors (Lipinski definition) is 3. The molecule has 0 amide bonds. The predicted molar refractivity (Wildman–Crippen MR) is 123 cm³/mol. The molecule has 142 valence electrons. The Labute approximate surface area is 177 Å². The van der Waals surface area contributed by atoms with Crippen LogP contribution in [0, 0.1) is 0 Å². The minimum atomic E-state index is 0.231. The third kappa shape index (κ3) is 2.75. The Kier molecular flexibility index (Phi) is 3.83. The fraction of sp³-hybridized carbons (Fsp3) is 0. The molecule has 0 N–H and O–H groups in total. The maximum atomic E-state index is 6.27. The van der Waals surface area contributed by atoms with Gasteiger partial charge in [-0.05, 0) is 53.1 Å². The first-order valence-corrected chi connectivity index (χ1v) is 10.1. The second-order valence-electron chi connectivity index (χ2n) is 7.25. The first kappa shape index (κ1) is 17.2. The average Bonchev–Trinajstić information content (AvgIpc) is 3.16. The topological polar surface area (TPSA) is 38.9 Å². The average molecular weight is 407 g/mol. The highest BCUT2D eigenvalue weighted by molar-refractivity contribution is 6.29. The van der Waals surface area contributed by atoms with Crippen LogP contribution in [0.5, 0.6) is 0 Å². The molecule has 0 saturated carbocycles. The van der Waals surface area contributed by atoms with Crippen molar-refractivity contribution in [3.8, 4) is 22.4 Å². The van der Waals surface area contributed by atoms with Gasteiger partial charge in [0.15, 0.2) is 0 Å². The summed E-state index contributed by atoms with van der Waals surface area (Å²) in [7, 11) is 0. The molecular formula is C26H15ClN2O. The van der Waals surface area contributed by atoms with E-state index in [2.05, 4.69) is 52.4 Å². The van der Waals surface area contributed by atoms with E-state index in [1.54, 1.807) is 0 Å². The Hall–Kier alpha value is -3.69. The van der Waals surface area contributed by atoms with Crippen LogP contribution in [0.1, 0.15) is 0 Å². The lowest BCUT2D eigenvalue weighted by Crippen LogP contribution is -1.92. The fourth-order valence-corrected chi connectivity index (χ4v) is 4.18. The Morgan fingerprint density at radius 2 is 1.33 bits per heavy atom. The van der Waals surface area contributed by atoms with Gasteiger partial charge in [0, 0.05) is 21.7 Å². The smallest absolute Gasteiger partial charge is 0.223 e. The third-order valence-electron chi connectivity index (χ3n) is 5.43. The van der Waals surface area contributed by atoms with E-state index in [4.69, 9.17) is 16.0 Å². The summed E-state index contributed by atoms with van der Waals surface area (Å²) >= 11 is 6.27. The largest absolute Gasteiger partial charge is 0.456 e. The van der Waals surface area contributed by atoms with Crippen molar-refractivity contribution >= 4 is 44.4 Å². The van der Waals surface area contributed by atoms with E-state index >= 15 is 0 Å². The molecule has 0 unspecified atom stereocenters. The number of halogens is 1. The fourth-order valence-electron chi connectivity index (χ4n) is 4.00. The van der Waals surface area contributed by atoms with E-state index in [1.165, 1.54) is 0 Å². The Morgan fingerprint density at radius 1 is 0.567 bits per heavy atom. The number of benzene rings is 4. The first-order valence-electron chi connectivity index (χ1n) is 9.71. The minimum absolute atomic E-state index is 0.231. The highest BCUT2D eigenvalue weighted by atomic mass is 35.5. The first-order chi connectivity index (χ1) is 14.8. The van der Waals surface area contributed by atoms with Gasteiger partial charge in [-0.1, -0.05) is 60.7 Å². The van der Waals surface area contributed by atoms with Crippen LogP contribution >= 0.6 is 11.6 Å². The van der Waals surface area contributed by atoms with Gasteiger partial charge in [-0.3, -0.25) is 0 Å². The molecule has 0 aliphatic carbocycles. The van der Waals surface area contributed by atoms with Crippen LogP contribution in [-0.4, -0.2) is 9.97 Å². The van der Waals surface area contributed by atoms with E-state index in [0.29, 0.717) is 0 Å². The van der Waals surface area contributed by atoms with E-state index in [0.717, 1.165) is 55.2 Å². The van der Waals surface area contributed by atoms with Crippen molar-refractivity contribution < 1.29 is 4.42 Å². The number of rotatable bonds is 2. The van der Waals surface area contributed by atoms with Crippen LogP contribution in [0.15, 0.2) is 95.4 Å². The van der Waals surface area contributed by atoms with Crippen LogP contribution < -0.4 is 0 Å². The number of fused-ring (bicyclic) bond motifs is 4. The standard InChI is InChI=1S/C26H15ClN2O/c27-26-28-22-13-11-17(16-6-2-1-3-7-16)14-21(22)25(29-26)18-10-12-20-19-8-4-5-9-23(19)30-24(20)15-18/h1-15H. The molecule has 0 fully saturated rings. The highest BCUT2D eigenvalue weighted by Gasteiger charge is 2.13. The Balaban J connectivity index is 1.60. The summed E-state index contributed by atoms with van der Waals surface area (Å²) in [6, 6.07) is 30.7. The van der Waals surface area contributed by atoms with Crippen LogP contribution in [0.4, 0.5) is 0 Å². The van der Waals surface area contributed by atoms with Gasteiger partial charge >= 0.3 is 0 Å². The lowest BCUT2D eigenvalue weighted by molar-refractivity contribution is 0.669. The molecule has 4 heteroatoms. The van der Waals surface area contributed by atoms with Gasteiger partial charge in [0.05, 0.1) is 11.2 Å². The normalized spacial score (nSPS) is 11.5. The maximum absolute atomic E-state index is 6.27. The van der Waals surface area contributed by atoms with Gasteiger partial charge in [-0.2, -0.15) is 0 Å². The SMILES string of the molecule is Clc1nc(-c2ccc3c(c2)oc2ccccc23)c2cc(-c3ccccc3)ccc2n1. The van der Waals surface area contributed by atoms with Crippen molar-refractivity contribution in [1.29, 1.82) is 0 Å². The van der Waals surface area contributed by atoms with E-state index < -0.39 is 0 Å². The zero-order valence-electron chi connectivity index (χ0n) is 15.8. The molecule has 4 aromatic carbocycles. The summed E-state index contributed by atoms with van der Waals surface area (Å²) in [6.45, 7) is 0. The molecule has 0 bridgehead atoms. The molecule has 0 aliphatic rings. The van der Waals surface area contributed by atoms with Gasteiger partial charge in [-0.25, -0.2) is 9.97 Å². The van der Waals surface area contributed by atoms with Crippen LogP contribution in [0.3, 0.4) is 0 Å². The van der Waals surface area contributed by atoms with Crippen molar-refractivity contribution in [1.82, 2.24) is 9.97 Å². The summed E-state index contributed by atoms with van der Waals surface area (Å²) in [6.07, 6.45) is 0. The summed E-state index contributed by atoms with van der Waals surface area (Å²) in [4.78, 5) is 9.00. The zero-order valence-corrected chi connectivity index (χ0v) is 16.6. The van der Waals surface area contributed by atoms with Gasteiger partial charge in [0.1, 0.15) is 11.2 Å². The van der Waals surface area contributed by atoms with Crippen molar-refractivity contribution in [2.75, 3.05) is 0 Å². The summed E-state index contributed by atoms with van der Waals surface area (Å²) in [5.41, 5.74) is 6.52. The number of furan rings is 1. The molecule has 0 atom stereocenters. The number of para-hydroxylation sites is 1. The summed E-state index contributed by atoms with van der Waals surface area (Å²) in [5.74, 6) is 0. The molecule has 3 nitrogen and oxygen atoms in total. The van der Waals surface area contributed by atoms with Crippen molar-refractivity contribution in [3.63, 3.8) is 0 Å². The van der Waals surface area contributed by atoms with E-state index in [9.17, 15) is 0 Å². The minimum Gasteiger partial charge on any atom is -0.456 e. The summed E-state index contributed by atoms with van der Waals surface area (Å²) < 4.78 is 6.07. The third-order valence-corrected chi connectivity index (χ3v) is 5.60. The van der Waals surface area contributed by atoms with Gasteiger partial charge in [-0.15, -0.1) is 0 Å². The molecule has 2 aromatic heterocycles. The molecule has 0 radical (unpaired) electrons. The van der Waals surface area contributed by atoms with Crippen LogP contribution in [0.2, 0.25) is 5.28 Å². The Bertz CT molecular complexity index is 1550.